The molecule has 1 unspecified atom stereocenters. The van der Waals surface area contributed by atoms with Crippen LogP contribution in [0, 0.1) is 0 Å². The summed E-state index contributed by atoms with van der Waals surface area (Å²) < 4.78 is 37.8. The molecule has 1 aliphatic rings. The molecule has 1 atom stereocenters. The van der Waals surface area contributed by atoms with Crippen molar-refractivity contribution in [2.75, 3.05) is 6.61 Å². The molecule has 0 saturated carbocycles. The Hall–Kier alpha value is -2.26. The van der Waals surface area contributed by atoms with Crippen LogP contribution < -0.4 is 0 Å². The lowest BCUT2D eigenvalue weighted by Gasteiger charge is -2.39. The summed E-state index contributed by atoms with van der Waals surface area (Å²) in [6.45, 7) is 4.78. The minimum atomic E-state index is -3.05. The molecule has 0 heterocycles. The van der Waals surface area contributed by atoms with Crippen molar-refractivity contribution in [2.24, 2.45) is 0 Å². The van der Waals surface area contributed by atoms with Gasteiger partial charge in [-0.1, -0.05) is 139 Å². The molecule has 0 amide bonds. The Morgan fingerprint density at radius 3 is 1.78 bits per heavy atom. The van der Waals surface area contributed by atoms with E-state index in [0.29, 0.717) is 18.6 Å². The third-order valence-electron chi connectivity index (χ3n) is 7.52. The molecule has 0 fully saturated rings. The molecule has 0 saturated heterocycles. The van der Waals surface area contributed by atoms with Crippen LogP contribution in [0.25, 0.3) is 16.7 Å². The van der Waals surface area contributed by atoms with Crippen LogP contribution >= 0.6 is 0 Å². The van der Waals surface area contributed by atoms with E-state index in [9.17, 15) is 0 Å². The summed E-state index contributed by atoms with van der Waals surface area (Å²) in [5.74, 6) is -3.05. The van der Waals surface area contributed by atoms with E-state index in [1.165, 1.54) is 38.5 Å². The van der Waals surface area contributed by atoms with E-state index in [1.54, 1.807) is 6.08 Å². The fraction of sp³-hybridized carbons (Fsp3) is 0.529. The van der Waals surface area contributed by atoms with E-state index in [-0.39, 0.29) is 0 Å². The van der Waals surface area contributed by atoms with Crippen LogP contribution in [0.3, 0.4) is 0 Å². The van der Waals surface area contributed by atoms with Gasteiger partial charge in [0.1, 0.15) is 0 Å². The van der Waals surface area contributed by atoms with Crippen LogP contribution in [0.15, 0.2) is 72.8 Å². The second-order valence-corrected chi connectivity index (χ2v) is 10.5. The Morgan fingerprint density at radius 1 is 0.622 bits per heavy atom. The van der Waals surface area contributed by atoms with Crippen LogP contribution in [0.5, 0.6) is 0 Å². The number of rotatable bonds is 17. The fourth-order valence-corrected chi connectivity index (χ4v) is 5.14. The first kappa shape index (κ1) is 29.3. The molecule has 3 rings (SSSR count). The number of alkyl halides is 2. The molecule has 1 aliphatic carbocycles. The van der Waals surface area contributed by atoms with Gasteiger partial charge in [-0.2, -0.15) is 8.78 Å². The zero-order valence-corrected chi connectivity index (χ0v) is 23.0. The SMILES string of the molecule is CCCCCCCCOC1(CCCCCCCC)C=CC(c2ccc(-c3ccccc3)cc2)=CC1(F)F. The van der Waals surface area contributed by atoms with Gasteiger partial charge in [-0.3, -0.25) is 0 Å². The zero-order chi connectivity index (χ0) is 26.4. The predicted molar refractivity (Wildman–Crippen MR) is 154 cm³/mol. The number of ether oxygens (including phenoxy) is 1. The molecule has 1 nitrogen and oxygen atoms in total. The van der Waals surface area contributed by atoms with Gasteiger partial charge in [0, 0.05) is 6.61 Å². The summed E-state index contributed by atoms with van der Waals surface area (Å²) >= 11 is 0. The van der Waals surface area contributed by atoms with Crippen molar-refractivity contribution in [3.8, 4) is 11.1 Å². The lowest BCUT2D eigenvalue weighted by atomic mass is 9.82. The van der Waals surface area contributed by atoms with Gasteiger partial charge in [0.2, 0.25) is 0 Å². The van der Waals surface area contributed by atoms with Gasteiger partial charge < -0.3 is 4.74 Å². The monoisotopic (exact) mass is 508 g/mol. The summed E-state index contributed by atoms with van der Waals surface area (Å²) in [6, 6.07) is 18.0. The van der Waals surface area contributed by atoms with E-state index in [0.717, 1.165) is 61.3 Å². The summed E-state index contributed by atoms with van der Waals surface area (Å²) in [4.78, 5) is 0. The molecule has 0 N–H and O–H groups in total. The van der Waals surface area contributed by atoms with Crippen molar-refractivity contribution in [2.45, 2.75) is 109 Å². The lowest BCUT2D eigenvalue weighted by Crippen LogP contribution is -2.49. The highest BCUT2D eigenvalue weighted by molar-refractivity contribution is 5.78. The van der Waals surface area contributed by atoms with Gasteiger partial charge in [-0.25, -0.2) is 0 Å². The summed E-state index contributed by atoms with van der Waals surface area (Å²) in [6.07, 6.45) is 18.1. The molecule has 2 aromatic carbocycles. The number of halogens is 2. The van der Waals surface area contributed by atoms with Gasteiger partial charge in [0.05, 0.1) is 0 Å². The number of hydrogen-bond acceptors (Lipinski definition) is 1. The third-order valence-corrected chi connectivity index (χ3v) is 7.52. The van der Waals surface area contributed by atoms with Crippen molar-refractivity contribution >= 4 is 5.57 Å². The highest BCUT2D eigenvalue weighted by Gasteiger charge is 2.52. The Labute approximate surface area is 224 Å². The van der Waals surface area contributed by atoms with Gasteiger partial charge in [0.15, 0.2) is 5.60 Å². The number of unbranched alkanes of at least 4 members (excludes halogenated alkanes) is 10. The van der Waals surface area contributed by atoms with Crippen molar-refractivity contribution in [3.63, 3.8) is 0 Å². The maximum atomic E-state index is 15.9. The molecular formula is C34H46F2O. The second kappa shape index (κ2) is 15.2. The molecule has 0 radical (unpaired) electrons. The van der Waals surface area contributed by atoms with E-state index in [1.807, 2.05) is 48.5 Å². The fourth-order valence-electron chi connectivity index (χ4n) is 5.14. The summed E-state index contributed by atoms with van der Waals surface area (Å²) in [7, 11) is 0. The first-order valence-corrected chi connectivity index (χ1v) is 14.6. The Bertz CT molecular complexity index is 961. The van der Waals surface area contributed by atoms with Gasteiger partial charge >= 0.3 is 0 Å². The minimum absolute atomic E-state index is 0.356. The molecule has 37 heavy (non-hydrogen) atoms. The van der Waals surface area contributed by atoms with Crippen molar-refractivity contribution in [1.82, 2.24) is 0 Å². The molecule has 0 aromatic heterocycles. The second-order valence-electron chi connectivity index (χ2n) is 10.5. The lowest BCUT2D eigenvalue weighted by molar-refractivity contribution is -0.161. The summed E-state index contributed by atoms with van der Waals surface area (Å²) in [5.41, 5.74) is 2.02. The summed E-state index contributed by atoms with van der Waals surface area (Å²) in [5, 5.41) is 0. The van der Waals surface area contributed by atoms with Crippen molar-refractivity contribution < 1.29 is 13.5 Å². The van der Waals surface area contributed by atoms with Gasteiger partial charge in [0.25, 0.3) is 5.92 Å². The average Bonchev–Trinajstić information content (AvgIpc) is 2.92. The van der Waals surface area contributed by atoms with E-state index in [4.69, 9.17) is 4.74 Å². The molecule has 2 aromatic rings. The van der Waals surface area contributed by atoms with Crippen molar-refractivity contribution in [1.29, 1.82) is 0 Å². The predicted octanol–water partition coefficient (Wildman–Crippen LogP) is 10.8. The maximum Gasteiger partial charge on any atom is 0.299 e. The zero-order valence-electron chi connectivity index (χ0n) is 23.0. The smallest absolute Gasteiger partial charge is 0.299 e. The van der Waals surface area contributed by atoms with Crippen LogP contribution in [0.1, 0.15) is 103 Å². The first-order valence-electron chi connectivity index (χ1n) is 14.6. The molecule has 0 aliphatic heterocycles. The average molecular weight is 509 g/mol. The first-order chi connectivity index (χ1) is 18.0. The van der Waals surface area contributed by atoms with Crippen LogP contribution in [-0.4, -0.2) is 18.1 Å². The van der Waals surface area contributed by atoms with E-state index < -0.39 is 11.5 Å². The normalized spacial score (nSPS) is 18.6. The van der Waals surface area contributed by atoms with Crippen LogP contribution in [0.2, 0.25) is 0 Å². The molecular weight excluding hydrogens is 462 g/mol. The Kier molecular flexibility index (Phi) is 12.1. The van der Waals surface area contributed by atoms with Gasteiger partial charge in [-0.05, 0) is 53.7 Å². The quantitative estimate of drug-likeness (QED) is 0.193. The van der Waals surface area contributed by atoms with Crippen LogP contribution in [-0.2, 0) is 4.74 Å². The third kappa shape index (κ3) is 8.64. The number of hydrogen-bond donors (Lipinski definition) is 0. The molecule has 0 bridgehead atoms. The molecule has 0 spiro atoms. The van der Waals surface area contributed by atoms with Crippen LogP contribution in [0.4, 0.5) is 8.78 Å². The van der Waals surface area contributed by atoms with Gasteiger partial charge in [-0.15, -0.1) is 0 Å². The number of benzene rings is 2. The van der Waals surface area contributed by atoms with Crippen molar-refractivity contribution in [3.05, 3.63) is 78.4 Å². The minimum Gasteiger partial charge on any atom is -0.364 e. The largest absolute Gasteiger partial charge is 0.364 e. The number of allylic oxidation sites excluding steroid dienone is 2. The Morgan fingerprint density at radius 2 is 1.16 bits per heavy atom. The molecule has 202 valence electrons. The Balaban J connectivity index is 1.68. The maximum absolute atomic E-state index is 15.9. The highest BCUT2D eigenvalue weighted by Crippen LogP contribution is 2.44. The van der Waals surface area contributed by atoms with E-state index >= 15 is 8.78 Å². The molecule has 3 heteroatoms. The standard InChI is InChI=1S/C34H46F2O/c1-3-5-7-9-11-16-25-33(37-27-17-12-10-8-6-4-2)26-24-32(28-34(33,35)36)31-22-20-30(21-23-31)29-18-14-13-15-19-29/h13-15,18-24,26,28H,3-12,16-17,25,27H2,1-2H3. The topological polar surface area (TPSA) is 9.23 Å². The van der Waals surface area contributed by atoms with E-state index in [2.05, 4.69) is 26.0 Å². The highest BCUT2D eigenvalue weighted by atomic mass is 19.3.